The number of methoxy groups -OCH3 is 2. The van der Waals surface area contributed by atoms with Crippen LogP contribution in [0, 0.1) is 0 Å². The molecule has 3 rings (SSSR count). The third-order valence-corrected chi connectivity index (χ3v) is 5.54. The normalized spacial score (nSPS) is 14.6. The lowest BCUT2D eigenvalue weighted by atomic mass is 9.84. The van der Waals surface area contributed by atoms with Gasteiger partial charge in [-0.25, -0.2) is 9.97 Å². The highest BCUT2D eigenvalue weighted by atomic mass is 127. The monoisotopic (exact) mass is 554 g/mol. The van der Waals surface area contributed by atoms with Crippen LogP contribution in [0.15, 0.2) is 41.7 Å². The van der Waals surface area contributed by atoms with Gasteiger partial charge in [-0.2, -0.15) is 0 Å². The third-order valence-electron chi connectivity index (χ3n) is 5.54. The summed E-state index contributed by atoms with van der Waals surface area (Å²) in [4.78, 5) is 18.3. The van der Waals surface area contributed by atoms with Crippen molar-refractivity contribution >= 4 is 35.9 Å². The topological polar surface area (TPSA) is 75.1 Å². The molecular weight excluding hydrogens is 519 g/mol. The van der Waals surface area contributed by atoms with Gasteiger partial charge in [0.2, 0.25) is 5.95 Å². The summed E-state index contributed by atoms with van der Waals surface area (Å²) >= 11 is 0. The molecule has 0 atom stereocenters. The molecule has 1 aliphatic rings. The quantitative estimate of drug-likeness (QED) is 0.320. The van der Waals surface area contributed by atoms with E-state index in [2.05, 4.69) is 51.9 Å². The van der Waals surface area contributed by atoms with E-state index in [0.717, 1.165) is 61.7 Å². The first-order chi connectivity index (χ1) is 15.0. The second-order valence-corrected chi connectivity index (χ2v) is 8.15. The molecule has 0 amide bonds. The van der Waals surface area contributed by atoms with Crippen LogP contribution in [-0.2, 0) is 5.41 Å². The van der Waals surface area contributed by atoms with Crippen LogP contribution in [-0.4, -0.2) is 74.3 Å². The van der Waals surface area contributed by atoms with Gasteiger partial charge in [-0.05, 0) is 30.7 Å². The molecule has 1 aromatic heterocycles. The largest absolute Gasteiger partial charge is 0.493 e. The van der Waals surface area contributed by atoms with Gasteiger partial charge >= 0.3 is 0 Å². The summed E-state index contributed by atoms with van der Waals surface area (Å²) in [6, 6.07) is 7.92. The molecule has 1 saturated heterocycles. The lowest BCUT2D eigenvalue weighted by molar-refractivity contribution is 0.353. The lowest BCUT2D eigenvalue weighted by Gasteiger charge is -2.37. The summed E-state index contributed by atoms with van der Waals surface area (Å²) in [5, 5.41) is 3.45. The molecule has 2 heterocycles. The van der Waals surface area contributed by atoms with Gasteiger partial charge in [0.05, 0.1) is 20.8 Å². The Hall–Kier alpha value is -2.30. The molecule has 32 heavy (non-hydrogen) atoms. The molecule has 176 valence electrons. The summed E-state index contributed by atoms with van der Waals surface area (Å²) in [7, 11) is 3.31. The zero-order chi connectivity index (χ0) is 22.3. The van der Waals surface area contributed by atoms with Gasteiger partial charge in [0.1, 0.15) is 0 Å². The highest BCUT2D eigenvalue weighted by molar-refractivity contribution is 14.0. The Bertz CT molecular complexity index is 870. The molecule has 0 aliphatic carbocycles. The molecule has 2 aromatic rings. The smallest absolute Gasteiger partial charge is 0.225 e. The Kier molecular flexibility index (Phi) is 9.80. The number of benzene rings is 1. The fourth-order valence-corrected chi connectivity index (χ4v) is 3.62. The number of rotatable bonds is 7. The molecular formula is C23H35IN6O2. The molecule has 8 nitrogen and oxygen atoms in total. The average molecular weight is 554 g/mol. The van der Waals surface area contributed by atoms with E-state index in [0.29, 0.717) is 6.54 Å². The fourth-order valence-electron chi connectivity index (χ4n) is 3.62. The van der Waals surface area contributed by atoms with Crippen LogP contribution >= 0.6 is 24.0 Å². The van der Waals surface area contributed by atoms with Gasteiger partial charge in [0.15, 0.2) is 17.5 Å². The maximum absolute atomic E-state index is 5.48. The second-order valence-electron chi connectivity index (χ2n) is 8.15. The van der Waals surface area contributed by atoms with Crippen molar-refractivity contribution in [2.75, 3.05) is 58.4 Å². The minimum absolute atomic E-state index is 0. The molecule has 0 unspecified atom stereocenters. The van der Waals surface area contributed by atoms with Crippen LogP contribution < -0.4 is 19.7 Å². The van der Waals surface area contributed by atoms with Crippen LogP contribution in [0.2, 0.25) is 0 Å². The summed E-state index contributed by atoms with van der Waals surface area (Å²) in [5.41, 5.74) is 1.01. The van der Waals surface area contributed by atoms with Crippen LogP contribution in [0.4, 0.5) is 5.95 Å². The van der Waals surface area contributed by atoms with Gasteiger partial charge in [0.25, 0.3) is 0 Å². The number of nitrogens with zero attached hydrogens (tertiary/aromatic N) is 5. The highest BCUT2D eigenvalue weighted by Crippen LogP contribution is 2.33. The molecule has 0 saturated carbocycles. The van der Waals surface area contributed by atoms with Gasteiger partial charge in [-0.1, -0.05) is 19.9 Å². The second kappa shape index (κ2) is 12.1. The molecule has 9 heteroatoms. The van der Waals surface area contributed by atoms with E-state index in [1.807, 2.05) is 18.2 Å². The SMILES string of the molecule is CCNC(=NCC(C)(C)c1ccc(OC)c(OC)c1)N1CCN(c2ncccn2)CC1.I. The van der Waals surface area contributed by atoms with Crippen LogP contribution in [0.3, 0.4) is 0 Å². The Morgan fingerprint density at radius 2 is 1.72 bits per heavy atom. The number of aliphatic imine (C=N–C) groups is 1. The predicted octanol–water partition coefficient (Wildman–Crippen LogP) is 3.18. The minimum atomic E-state index is -0.153. The minimum Gasteiger partial charge on any atom is -0.493 e. The van der Waals surface area contributed by atoms with Crippen molar-refractivity contribution in [1.29, 1.82) is 0 Å². The molecule has 1 fully saturated rings. The predicted molar refractivity (Wildman–Crippen MR) is 140 cm³/mol. The van der Waals surface area contributed by atoms with Crippen LogP contribution in [0.25, 0.3) is 0 Å². The number of anilines is 1. The van der Waals surface area contributed by atoms with Gasteiger partial charge in [-0.15, -0.1) is 24.0 Å². The number of nitrogens with one attached hydrogen (secondary N) is 1. The Morgan fingerprint density at radius 3 is 2.31 bits per heavy atom. The highest BCUT2D eigenvalue weighted by Gasteiger charge is 2.25. The Morgan fingerprint density at radius 1 is 1.06 bits per heavy atom. The molecule has 1 N–H and O–H groups in total. The summed E-state index contributed by atoms with van der Waals surface area (Å²) in [5.74, 6) is 3.21. The van der Waals surface area contributed by atoms with Crippen molar-refractivity contribution in [3.8, 4) is 11.5 Å². The number of aromatic nitrogens is 2. The van der Waals surface area contributed by atoms with E-state index >= 15 is 0 Å². The number of ether oxygens (including phenoxy) is 2. The standard InChI is InChI=1S/C23H34N6O2.HI/c1-6-24-21(28-12-14-29(15-13-28)22-25-10-7-11-26-22)27-17-23(2,3)18-8-9-19(30-4)20(16-18)31-5;/h7-11,16H,6,12-15,17H2,1-5H3,(H,24,27);1H. The van der Waals surface area contributed by atoms with E-state index in [1.54, 1.807) is 26.6 Å². The van der Waals surface area contributed by atoms with E-state index in [4.69, 9.17) is 14.5 Å². The number of hydrogen-bond donors (Lipinski definition) is 1. The third kappa shape index (κ3) is 6.36. The van der Waals surface area contributed by atoms with Crippen molar-refractivity contribution in [2.24, 2.45) is 4.99 Å². The van der Waals surface area contributed by atoms with Gasteiger partial charge in [0, 0.05) is 50.5 Å². The number of guanidine groups is 1. The summed E-state index contributed by atoms with van der Waals surface area (Å²) in [6.07, 6.45) is 3.58. The Labute approximate surface area is 208 Å². The van der Waals surface area contributed by atoms with E-state index in [9.17, 15) is 0 Å². The van der Waals surface area contributed by atoms with Crippen molar-refractivity contribution in [2.45, 2.75) is 26.2 Å². The Balaban J connectivity index is 0.00000363. The number of piperazine rings is 1. The molecule has 1 aliphatic heterocycles. The van der Waals surface area contributed by atoms with Gasteiger partial charge in [-0.3, -0.25) is 4.99 Å². The summed E-state index contributed by atoms with van der Waals surface area (Å²) < 4.78 is 10.9. The molecule has 1 aromatic carbocycles. The van der Waals surface area contributed by atoms with Crippen molar-refractivity contribution in [3.05, 3.63) is 42.2 Å². The lowest BCUT2D eigenvalue weighted by Crippen LogP contribution is -2.53. The first kappa shape index (κ1) is 26.0. The van der Waals surface area contributed by atoms with E-state index < -0.39 is 0 Å². The van der Waals surface area contributed by atoms with Crippen molar-refractivity contribution in [3.63, 3.8) is 0 Å². The van der Waals surface area contributed by atoms with E-state index in [1.165, 1.54) is 0 Å². The van der Waals surface area contributed by atoms with Crippen LogP contribution in [0.5, 0.6) is 11.5 Å². The number of halogens is 1. The maximum Gasteiger partial charge on any atom is 0.225 e. The fraction of sp³-hybridized carbons (Fsp3) is 0.522. The molecule has 0 bridgehead atoms. The molecule has 0 spiro atoms. The first-order valence-electron chi connectivity index (χ1n) is 10.8. The maximum atomic E-state index is 5.48. The molecule has 0 radical (unpaired) electrons. The summed E-state index contributed by atoms with van der Waals surface area (Å²) in [6.45, 7) is 11.5. The van der Waals surface area contributed by atoms with Gasteiger partial charge < -0.3 is 24.6 Å². The number of hydrogen-bond acceptors (Lipinski definition) is 6. The zero-order valence-corrected chi connectivity index (χ0v) is 22.0. The zero-order valence-electron chi connectivity index (χ0n) is 19.7. The van der Waals surface area contributed by atoms with E-state index in [-0.39, 0.29) is 29.4 Å². The van der Waals surface area contributed by atoms with Crippen LogP contribution in [0.1, 0.15) is 26.3 Å². The van der Waals surface area contributed by atoms with Crippen molar-refractivity contribution < 1.29 is 9.47 Å². The van der Waals surface area contributed by atoms with Crippen molar-refractivity contribution in [1.82, 2.24) is 20.2 Å². The average Bonchev–Trinajstić information content (AvgIpc) is 2.82. The first-order valence-corrected chi connectivity index (χ1v) is 10.8.